The van der Waals surface area contributed by atoms with Crippen molar-refractivity contribution in [3.63, 3.8) is 0 Å². The fourth-order valence-corrected chi connectivity index (χ4v) is 5.41. The molecule has 5 rings (SSSR count). The quantitative estimate of drug-likeness (QED) is 0.364. The maximum Gasteiger partial charge on any atom is 0.332 e. The molecule has 192 valence electrons. The molecule has 0 saturated carbocycles. The van der Waals surface area contributed by atoms with E-state index in [0.717, 1.165) is 0 Å². The number of aromatic amines is 1. The molecular formula is C27H26F2N4O4. The van der Waals surface area contributed by atoms with Crippen molar-refractivity contribution < 1.29 is 28.2 Å². The first kappa shape index (κ1) is 24.7. The van der Waals surface area contributed by atoms with Crippen LogP contribution in [0.15, 0.2) is 30.5 Å². The summed E-state index contributed by atoms with van der Waals surface area (Å²) in [6.45, 7) is 3.89. The Kier molecular flexibility index (Phi) is 6.12. The van der Waals surface area contributed by atoms with Gasteiger partial charge in [0.25, 0.3) is 0 Å². The zero-order chi connectivity index (χ0) is 26.5. The van der Waals surface area contributed by atoms with E-state index in [-0.39, 0.29) is 36.6 Å². The van der Waals surface area contributed by atoms with E-state index in [4.69, 9.17) is 9.47 Å². The van der Waals surface area contributed by atoms with Crippen molar-refractivity contribution in [3.05, 3.63) is 53.4 Å². The van der Waals surface area contributed by atoms with E-state index in [2.05, 4.69) is 16.3 Å². The number of rotatable bonds is 6. The number of carboxylic acids is 1. The molecule has 8 nitrogen and oxygen atoms in total. The van der Waals surface area contributed by atoms with Crippen LogP contribution in [0.4, 0.5) is 8.78 Å². The van der Waals surface area contributed by atoms with Crippen molar-refractivity contribution in [1.82, 2.24) is 14.8 Å². The second kappa shape index (κ2) is 9.16. The van der Waals surface area contributed by atoms with Crippen LogP contribution in [0.1, 0.15) is 50.3 Å². The van der Waals surface area contributed by atoms with E-state index in [1.165, 1.54) is 19.4 Å². The van der Waals surface area contributed by atoms with Gasteiger partial charge in [-0.25, -0.2) is 13.6 Å². The molecule has 2 aromatic heterocycles. The Morgan fingerprint density at radius 2 is 2.14 bits per heavy atom. The summed E-state index contributed by atoms with van der Waals surface area (Å²) in [5, 5.41) is 26.7. The van der Waals surface area contributed by atoms with Gasteiger partial charge in [-0.1, -0.05) is 13.8 Å². The number of aromatic nitrogens is 3. The number of carbonyl (C=O) groups is 1. The van der Waals surface area contributed by atoms with Crippen LogP contribution in [0, 0.1) is 23.0 Å². The minimum absolute atomic E-state index is 0.0279. The summed E-state index contributed by atoms with van der Waals surface area (Å²) in [7, 11) is 1.37. The molecular weight excluding hydrogens is 482 g/mol. The number of ether oxygens (including phenoxy) is 2. The highest BCUT2D eigenvalue weighted by Crippen LogP contribution is 2.46. The monoisotopic (exact) mass is 508 g/mol. The van der Waals surface area contributed by atoms with E-state index in [9.17, 15) is 19.6 Å². The van der Waals surface area contributed by atoms with Crippen molar-refractivity contribution in [2.45, 2.75) is 50.5 Å². The van der Waals surface area contributed by atoms with Gasteiger partial charge in [-0.05, 0) is 36.6 Å². The maximum absolute atomic E-state index is 16.2. The summed E-state index contributed by atoms with van der Waals surface area (Å²) < 4.78 is 43.4. The number of nitriles is 1. The number of methoxy groups -OCH3 is 1. The van der Waals surface area contributed by atoms with Gasteiger partial charge in [0, 0.05) is 46.0 Å². The fraction of sp³-hybridized carbons (Fsp3) is 0.370. The van der Waals surface area contributed by atoms with Gasteiger partial charge < -0.3 is 19.1 Å². The van der Waals surface area contributed by atoms with E-state index >= 15 is 4.39 Å². The number of halogens is 2. The lowest BCUT2D eigenvalue weighted by molar-refractivity contribution is -0.153. The number of fused-ring (bicyclic) bond motifs is 2. The zero-order valence-corrected chi connectivity index (χ0v) is 20.6. The third-order valence-corrected chi connectivity index (χ3v) is 7.16. The molecule has 0 radical (unpaired) electrons. The van der Waals surface area contributed by atoms with E-state index in [0.29, 0.717) is 39.7 Å². The molecule has 0 bridgehead atoms. The Hall–Kier alpha value is -3.97. The first-order valence-corrected chi connectivity index (χ1v) is 11.9. The van der Waals surface area contributed by atoms with Gasteiger partial charge in [-0.15, -0.1) is 0 Å². The van der Waals surface area contributed by atoms with Crippen molar-refractivity contribution in [3.8, 4) is 17.5 Å². The molecule has 0 unspecified atom stereocenters. The second-order valence-electron chi connectivity index (χ2n) is 9.99. The number of aliphatic carboxylic acids is 1. The first-order valence-electron chi connectivity index (χ1n) is 11.9. The third kappa shape index (κ3) is 4.00. The van der Waals surface area contributed by atoms with Gasteiger partial charge in [0.15, 0.2) is 23.5 Å². The van der Waals surface area contributed by atoms with Crippen LogP contribution >= 0.6 is 0 Å². The molecule has 0 spiro atoms. The summed E-state index contributed by atoms with van der Waals surface area (Å²) in [4.78, 5) is 11.5. The van der Waals surface area contributed by atoms with Crippen LogP contribution in [-0.4, -0.2) is 45.7 Å². The molecule has 1 aliphatic rings. The number of nitrogens with one attached hydrogen (secondary N) is 1. The first-order chi connectivity index (χ1) is 17.7. The number of carboxylic acid groups (broad SMARTS) is 1. The van der Waals surface area contributed by atoms with Crippen molar-refractivity contribution in [2.24, 2.45) is 0 Å². The molecule has 2 aromatic carbocycles. The highest BCUT2D eigenvalue weighted by molar-refractivity contribution is 6.00. The van der Waals surface area contributed by atoms with Gasteiger partial charge in [0.05, 0.1) is 31.5 Å². The molecule has 2 atom stereocenters. The van der Waals surface area contributed by atoms with Gasteiger partial charge in [0.2, 0.25) is 0 Å². The minimum Gasteiger partial charge on any atom is -0.494 e. The highest BCUT2D eigenvalue weighted by Gasteiger charge is 2.38. The Bertz CT molecular complexity index is 1560. The van der Waals surface area contributed by atoms with Crippen LogP contribution in [0.2, 0.25) is 0 Å². The Balaban J connectivity index is 1.88. The second-order valence-corrected chi connectivity index (χ2v) is 9.99. The average Bonchev–Trinajstić information content (AvgIpc) is 3.48. The largest absolute Gasteiger partial charge is 0.494 e. The molecule has 3 heterocycles. The Morgan fingerprint density at radius 1 is 1.35 bits per heavy atom. The van der Waals surface area contributed by atoms with Crippen LogP contribution in [0.3, 0.4) is 0 Å². The smallest absolute Gasteiger partial charge is 0.332 e. The number of benzene rings is 2. The minimum atomic E-state index is -1.03. The molecule has 10 heteroatoms. The summed E-state index contributed by atoms with van der Waals surface area (Å²) in [6.07, 6.45) is 1.45. The highest BCUT2D eigenvalue weighted by atomic mass is 19.1. The average molecular weight is 509 g/mol. The summed E-state index contributed by atoms with van der Waals surface area (Å²) in [6, 6.07) is 8.46. The number of H-pyrrole nitrogens is 1. The number of nitrogens with zero attached hydrogens (tertiary/aromatic N) is 3. The van der Waals surface area contributed by atoms with Gasteiger partial charge in [-0.3, -0.25) is 5.10 Å². The Labute approximate surface area is 211 Å². The zero-order valence-electron chi connectivity index (χ0n) is 20.6. The number of hydrogen-bond donors (Lipinski definition) is 2. The van der Waals surface area contributed by atoms with Gasteiger partial charge >= 0.3 is 5.97 Å². The molecule has 0 amide bonds. The van der Waals surface area contributed by atoms with Crippen LogP contribution < -0.4 is 4.74 Å². The molecule has 1 aliphatic heterocycles. The molecule has 37 heavy (non-hydrogen) atoms. The SMILES string of the molecule is COc1cc(-n2c(C(C)(C)CC#N)c([C@@H]3CC[C@@H](C(=O)O)OC3)c3c(F)c4[nH]ncc4cc32)ccc1F. The molecule has 0 aliphatic carbocycles. The fourth-order valence-electron chi connectivity index (χ4n) is 5.41. The lowest BCUT2D eigenvalue weighted by atomic mass is 9.78. The van der Waals surface area contributed by atoms with Gasteiger partial charge in [-0.2, -0.15) is 10.4 Å². The number of hydrogen-bond acceptors (Lipinski definition) is 5. The summed E-state index contributed by atoms with van der Waals surface area (Å²) in [5.41, 5.74) is 1.88. The molecule has 2 N–H and O–H groups in total. The lowest BCUT2D eigenvalue weighted by Gasteiger charge is -2.32. The Morgan fingerprint density at radius 3 is 2.78 bits per heavy atom. The normalized spacial score (nSPS) is 18.3. The predicted octanol–water partition coefficient (Wildman–Crippen LogP) is 5.33. The van der Waals surface area contributed by atoms with Crippen LogP contribution in [0.25, 0.3) is 27.5 Å². The summed E-state index contributed by atoms with van der Waals surface area (Å²) in [5.74, 6) is -2.37. The molecule has 1 saturated heterocycles. The van der Waals surface area contributed by atoms with Crippen LogP contribution in [0.5, 0.6) is 5.75 Å². The predicted molar refractivity (Wildman–Crippen MR) is 132 cm³/mol. The van der Waals surface area contributed by atoms with E-state index in [1.54, 1.807) is 12.1 Å². The van der Waals surface area contributed by atoms with E-state index in [1.807, 2.05) is 24.5 Å². The topological polar surface area (TPSA) is 113 Å². The van der Waals surface area contributed by atoms with E-state index < -0.39 is 29.1 Å². The van der Waals surface area contributed by atoms with Crippen LogP contribution in [-0.2, 0) is 14.9 Å². The molecule has 1 fully saturated rings. The standard InChI is InChI=1S/C27H26F2N4O4/c1-27(2,8-9-30)25-21(14-4-7-19(26(34)35)37-13-14)22-18(10-15-12-31-32-24(15)23(22)29)33(25)16-5-6-17(28)20(11-16)36-3/h5-6,10-12,14,19H,4,7-8,13H2,1-3H3,(H,31,32)(H,34,35)/t14-,19+/m1/s1. The van der Waals surface area contributed by atoms with Gasteiger partial charge in [0.1, 0.15) is 5.52 Å². The summed E-state index contributed by atoms with van der Waals surface area (Å²) >= 11 is 0. The maximum atomic E-state index is 16.2. The van der Waals surface area contributed by atoms with Crippen molar-refractivity contribution in [2.75, 3.05) is 13.7 Å². The van der Waals surface area contributed by atoms with Crippen molar-refractivity contribution >= 4 is 27.8 Å². The molecule has 4 aromatic rings. The third-order valence-electron chi connectivity index (χ3n) is 7.16. The lowest BCUT2D eigenvalue weighted by Crippen LogP contribution is -2.32. The van der Waals surface area contributed by atoms with Crippen molar-refractivity contribution in [1.29, 1.82) is 5.26 Å².